The van der Waals surface area contributed by atoms with Crippen LogP contribution in [0.1, 0.15) is 6.92 Å². The van der Waals surface area contributed by atoms with Crippen molar-refractivity contribution >= 4 is 17.3 Å². The van der Waals surface area contributed by atoms with Crippen molar-refractivity contribution in [2.45, 2.75) is 19.2 Å². The van der Waals surface area contributed by atoms with E-state index in [4.69, 9.17) is 9.84 Å². The first-order valence-electron chi connectivity index (χ1n) is 4.12. The first kappa shape index (κ1) is 11.1. The van der Waals surface area contributed by atoms with Crippen molar-refractivity contribution < 1.29 is 14.6 Å². The number of hydrogen-bond acceptors (Lipinski definition) is 5. The van der Waals surface area contributed by atoms with Gasteiger partial charge < -0.3 is 9.84 Å². The van der Waals surface area contributed by atoms with Gasteiger partial charge in [-0.2, -0.15) is 0 Å². The van der Waals surface area contributed by atoms with Gasteiger partial charge in [-0.15, -0.1) is 11.3 Å². The molecule has 1 fully saturated rings. The molecule has 2 N–H and O–H groups in total. The number of thiazole rings is 1. The van der Waals surface area contributed by atoms with Crippen molar-refractivity contribution in [2.24, 2.45) is 0 Å². The molecule has 2 unspecified atom stereocenters. The molecule has 6 heteroatoms. The summed E-state index contributed by atoms with van der Waals surface area (Å²) in [6.07, 6.45) is 1.65. The minimum absolute atomic E-state index is 0.119. The molecule has 2 rings (SSSR count). The predicted molar refractivity (Wildman–Crippen MR) is 52.1 cm³/mol. The number of ether oxygens (including phenoxy) is 1. The Labute approximate surface area is 85.7 Å². The summed E-state index contributed by atoms with van der Waals surface area (Å²) in [6, 6.07) is -0.514. The number of aliphatic carboxylic acids is 1. The number of nitrogens with zero attached hydrogens (tertiary/aromatic N) is 1. The van der Waals surface area contributed by atoms with Gasteiger partial charge in [-0.05, 0) is 6.92 Å². The Morgan fingerprint density at radius 1 is 1.79 bits per heavy atom. The highest BCUT2D eigenvalue weighted by Gasteiger charge is 2.26. The largest absolute Gasteiger partial charge is 0.480 e. The van der Waals surface area contributed by atoms with E-state index in [0.29, 0.717) is 0 Å². The van der Waals surface area contributed by atoms with Crippen molar-refractivity contribution in [3.05, 3.63) is 17.1 Å². The average molecular weight is 216 g/mol. The minimum atomic E-state index is -0.848. The fourth-order valence-corrected chi connectivity index (χ4v) is 1.29. The summed E-state index contributed by atoms with van der Waals surface area (Å²) in [4.78, 5) is 13.9. The van der Waals surface area contributed by atoms with Crippen molar-refractivity contribution in [2.75, 3.05) is 6.61 Å². The third-order valence-electron chi connectivity index (χ3n) is 1.59. The van der Waals surface area contributed by atoms with E-state index in [1.807, 2.05) is 5.38 Å². The lowest BCUT2D eigenvalue weighted by Gasteiger charge is -2.01. The number of carboxylic acids is 1. The highest BCUT2D eigenvalue weighted by Crippen LogP contribution is 2.00. The maximum absolute atomic E-state index is 10.2. The molecule has 1 aromatic rings. The molecular weight excluding hydrogens is 204 g/mol. The van der Waals surface area contributed by atoms with Gasteiger partial charge in [0.25, 0.3) is 0 Å². The Balaban J connectivity index is 0.000000165. The molecule has 0 saturated carbocycles. The Hall–Kier alpha value is -0.980. The van der Waals surface area contributed by atoms with Gasteiger partial charge in [-0.3, -0.25) is 15.1 Å². The maximum Gasteiger partial charge on any atom is 0.323 e. The van der Waals surface area contributed by atoms with Crippen molar-refractivity contribution in [3.8, 4) is 0 Å². The van der Waals surface area contributed by atoms with Gasteiger partial charge in [0.05, 0.1) is 12.1 Å². The van der Waals surface area contributed by atoms with Crippen LogP contribution in [0.5, 0.6) is 0 Å². The molecule has 2 atom stereocenters. The second-order valence-electron chi connectivity index (χ2n) is 2.71. The molecule has 1 saturated heterocycles. The second-order valence-corrected chi connectivity index (χ2v) is 3.46. The second kappa shape index (κ2) is 5.69. The summed E-state index contributed by atoms with van der Waals surface area (Å²) in [5.74, 6) is -0.848. The summed E-state index contributed by atoms with van der Waals surface area (Å²) in [7, 11) is 0. The zero-order valence-electron chi connectivity index (χ0n) is 7.71. The van der Waals surface area contributed by atoms with Crippen LogP contribution in [0.2, 0.25) is 0 Å². The first-order chi connectivity index (χ1) is 6.70. The molecule has 0 amide bonds. The lowest BCUT2D eigenvalue weighted by Crippen LogP contribution is -2.35. The predicted octanol–water partition coefficient (Wildman–Crippen LogP) is 0.548. The molecule has 0 bridgehead atoms. The van der Waals surface area contributed by atoms with E-state index in [2.05, 4.69) is 10.3 Å². The molecule has 78 valence electrons. The van der Waals surface area contributed by atoms with Crippen LogP contribution in [0.25, 0.3) is 0 Å². The van der Waals surface area contributed by atoms with E-state index in [1.165, 1.54) is 0 Å². The Morgan fingerprint density at radius 3 is 2.79 bits per heavy atom. The van der Waals surface area contributed by atoms with Gasteiger partial charge in [0, 0.05) is 11.6 Å². The number of rotatable bonds is 1. The molecular formula is C8H12N2O3S. The molecule has 1 aliphatic heterocycles. The molecule has 14 heavy (non-hydrogen) atoms. The monoisotopic (exact) mass is 216 g/mol. The lowest BCUT2D eigenvalue weighted by molar-refractivity contribution is -0.139. The minimum Gasteiger partial charge on any atom is -0.480 e. The van der Waals surface area contributed by atoms with Gasteiger partial charge in [0.1, 0.15) is 12.3 Å². The Bertz CT molecular complexity index is 248. The summed E-state index contributed by atoms with van der Waals surface area (Å²) in [5.41, 5.74) is 1.79. The maximum atomic E-state index is 10.2. The SMILES string of the molecule is CC1NC(C(=O)O)CO1.c1cscn1. The van der Waals surface area contributed by atoms with Crippen LogP contribution in [0.15, 0.2) is 17.1 Å². The van der Waals surface area contributed by atoms with E-state index in [9.17, 15) is 4.79 Å². The van der Waals surface area contributed by atoms with Crippen LogP contribution in [0.3, 0.4) is 0 Å². The van der Waals surface area contributed by atoms with Crippen molar-refractivity contribution in [1.29, 1.82) is 0 Å². The number of aromatic nitrogens is 1. The molecule has 1 aliphatic rings. The molecule has 0 aromatic carbocycles. The fraction of sp³-hybridized carbons (Fsp3) is 0.500. The Morgan fingerprint density at radius 2 is 2.57 bits per heavy atom. The number of hydrogen-bond donors (Lipinski definition) is 2. The quantitative estimate of drug-likeness (QED) is 0.717. The molecule has 2 heterocycles. The summed E-state index contributed by atoms with van der Waals surface area (Å²) >= 11 is 1.60. The summed E-state index contributed by atoms with van der Waals surface area (Å²) in [6.45, 7) is 2.05. The normalized spacial score (nSPS) is 25.2. The number of carboxylic acid groups (broad SMARTS) is 1. The molecule has 0 radical (unpaired) electrons. The van der Waals surface area contributed by atoms with Crippen LogP contribution in [-0.2, 0) is 9.53 Å². The standard InChI is InChI=1S/C5H9NO3.C3H3NS/c1-3-6-4(2-9-3)5(7)8;1-2-5-3-4-1/h3-4,6H,2H2,1H3,(H,7,8);1-3H. The van der Waals surface area contributed by atoms with Gasteiger partial charge in [-0.25, -0.2) is 0 Å². The van der Waals surface area contributed by atoms with E-state index in [0.717, 1.165) is 0 Å². The van der Waals surface area contributed by atoms with Crippen LogP contribution >= 0.6 is 11.3 Å². The third-order valence-corrected chi connectivity index (χ3v) is 2.12. The zero-order chi connectivity index (χ0) is 10.4. The lowest BCUT2D eigenvalue weighted by atomic mass is 10.3. The highest BCUT2D eigenvalue weighted by molar-refractivity contribution is 7.07. The summed E-state index contributed by atoms with van der Waals surface area (Å²) < 4.78 is 4.93. The van der Waals surface area contributed by atoms with Crippen LogP contribution in [0, 0.1) is 0 Å². The van der Waals surface area contributed by atoms with E-state index in [1.54, 1.807) is 30.0 Å². The smallest absolute Gasteiger partial charge is 0.323 e. The topological polar surface area (TPSA) is 71.5 Å². The van der Waals surface area contributed by atoms with Crippen LogP contribution in [-0.4, -0.2) is 34.9 Å². The van der Waals surface area contributed by atoms with Gasteiger partial charge >= 0.3 is 5.97 Å². The molecule has 0 spiro atoms. The van der Waals surface area contributed by atoms with Gasteiger partial charge in [0.15, 0.2) is 0 Å². The number of nitrogens with one attached hydrogen (secondary N) is 1. The van der Waals surface area contributed by atoms with Gasteiger partial charge in [-0.1, -0.05) is 0 Å². The molecule has 0 aliphatic carbocycles. The van der Waals surface area contributed by atoms with E-state index < -0.39 is 12.0 Å². The van der Waals surface area contributed by atoms with Crippen LogP contribution in [0.4, 0.5) is 0 Å². The van der Waals surface area contributed by atoms with Crippen LogP contribution < -0.4 is 5.32 Å². The average Bonchev–Trinajstić information content (AvgIpc) is 2.74. The first-order valence-corrected chi connectivity index (χ1v) is 5.07. The van der Waals surface area contributed by atoms with E-state index in [-0.39, 0.29) is 12.8 Å². The zero-order valence-corrected chi connectivity index (χ0v) is 8.53. The fourth-order valence-electron chi connectivity index (χ4n) is 0.938. The Kier molecular flexibility index (Phi) is 4.51. The number of carbonyl (C=O) groups is 1. The van der Waals surface area contributed by atoms with Gasteiger partial charge in [0.2, 0.25) is 0 Å². The molecule has 1 aromatic heterocycles. The molecule has 5 nitrogen and oxygen atoms in total. The van der Waals surface area contributed by atoms with E-state index >= 15 is 0 Å². The third kappa shape index (κ3) is 3.82. The highest BCUT2D eigenvalue weighted by atomic mass is 32.1. The summed E-state index contributed by atoms with van der Waals surface area (Å²) in [5, 5.41) is 13.1. The van der Waals surface area contributed by atoms with Crippen molar-refractivity contribution in [1.82, 2.24) is 10.3 Å². The van der Waals surface area contributed by atoms with Crippen molar-refractivity contribution in [3.63, 3.8) is 0 Å².